The molecule has 0 aromatic rings. The van der Waals surface area contributed by atoms with E-state index in [1.807, 2.05) is 0 Å². The Morgan fingerprint density at radius 1 is 1.71 bits per heavy atom. The van der Waals surface area contributed by atoms with Crippen molar-refractivity contribution in [3.8, 4) is 6.26 Å². The van der Waals surface area contributed by atoms with Crippen LogP contribution in [-0.2, 0) is 4.65 Å². The molecule has 0 aromatic heterocycles. The Hall–Kier alpha value is 0.275. The molecule has 7 heavy (non-hydrogen) atoms. The average molecular weight is 113 g/mol. The number of rotatable bonds is 1. The van der Waals surface area contributed by atoms with Gasteiger partial charge in [0.2, 0.25) is 0 Å². The van der Waals surface area contributed by atoms with Crippen molar-refractivity contribution in [1.82, 2.24) is 0 Å². The number of nitriles is 1. The van der Waals surface area contributed by atoms with Crippen molar-refractivity contribution < 1.29 is 16.1 Å². The van der Waals surface area contributed by atoms with Gasteiger partial charge in [0.05, 0.1) is 0 Å². The van der Waals surface area contributed by atoms with Crippen molar-refractivity contribution in [3.05, 3.63) is 0 Å². The van der Waals surface area contributed by atoms with Gasteiger partial charge < -0.3 is 14.7 Å². The fraction of sp³-hybridized carbons (Fsp3) is 0. The van der Waals surface area contributed by atoms with Crippen molar-refractivity contribution in [2.45, 2.75) is 0 Å². The first-order valence-corrected chi connectivity index (χ1v) is 1.18. The average Bonchev–Trinajstić information content (AvgIpc) is 1.35. The number of nitrogens with zero attached hydrogens (tertiary/aromatic N) is 1. The summed E-state index contributed by atoms with van der Waals surface area (Å²) < 4.78 is 3.46. The fourth-order valence-electron chi connectivity index (χ4n) is 0.0471. The van der Waals surface area contributed by atoms with E-state index in [4.69, 9.17) is 15.3 Å². The van der Waals surface area contributed by atoms with Gasteiger partial charge in [0.25, 0.3) is 6.26 Å². The zero-order valence-corrected chi connectivity index (χ0v) is 2.83. The molecule has 0 saturated heterocycles. The predicted molar refractivity (Wildman–Crippen MR) is 26.2 cm³/mol. The van der Waals surface area contributed by atoms with Crippen molar-refractivity contribution in [1.29, 1.82) is 5.26 Å². The number of hydrogen-bond acceptors (Lipinski definition) is 4. The zero-order valence-electron chi connectivity index (χ0n) is 2.83. The molecule has 0 amide bonds. The van der Waals surface area contributed by atoms with E-state index in [1.54, 1.807) is 0 Å². The summed E-state index contributed by atoms with van der Waals surface area (Å²) in [5.41, 5.74) is 0. The summed E-state index contributed by atoms with van der Waals surface area (Å²) in [7, 11) is -1.96. The quantitative estimate of drug-likeness (QED) is 0.306. The molecule has 0 atom stereocenters. The van der Waals surface area contributed by atoms with E-state index in [2.05, 4.69) is 4.65 Å². The monoisotopic (exact) mass is 113 g/mol. The zero-order chi connectivity index (χ0) is 4.99. The number of hydrogen-bond donors (Lipinski definition) is 2. The molecule has 0 heterocycles. The molecule has 0 bridgehead atoms. The molecule has 2 N–H and O–H groups in total. The Balaban J connectivity index is -0.000000125. The van der Waals surface area contributed by atoms with Crippen LogP contribution >= 0.6 is 0 Å². The second-order valence-electron chi connectivity index (χ2n) is 0.535. The molecule has 6 heteroatoms. The molecule has 0 unspecified atom stereocenters. The fourth-order valence-corrected chi connectivity index (χ4v) is 0.0471. The van der Waals surface area contributed by atoms with Crippen LogP contribution in [0.4, 0.5) is 0 Å². The minimum absolute atomic E-state index is 0. The van der Waals surface area contributed by atoms with E-state index in [0.717, 1.165) is 6.26 Å². The first kappa shape index (κ1) is 10.3. The molecule has 0 saturated carbocycles. The molecule has 0 radical (unpaired) electrons. The second-order valence-corrected chi connectivity index (χ2v) is 0.535. The van der Waals surface area contributed by atoms with Gasteiger partial charge in [-0.3, -0.25) is 0 Å². The van der Waals surface area contributed by atoms with Crippen LogP contribution in [0.15, 0.2) is 0 Å². The van der Waals surface area contributed by atoms with Gasteiger partial charge in [-0.25, -0.2) is 0 Å². The first-order chi connectivity index (χ1) is 2.77. The maximum absolute atomic E-state index is 7.66. The Morgan fingerprint density at radius 3 is 2.14 bits per heavy atom. The van der Waals surface area contributed by atoms with Crippen LogP contribution in [0.1, 0.15) is 1.43 Å². The van der Waals surface area contributed by atoms with Crippen molar-refractivity contribution in [2.24, 2.45) is 0 Å². The summed E-state index contributed by atoms with van der Waals surface area (Å²) >= 11 is 0. The molecule has 0 aliphatic carbocycles. The van der Waals surface area contributed by atoms with Gasteiger partial charge in [-0.2, -0.15) is 5.26 Å². The standard InChI is InChI=1S/CH2BNO3.Na.H2.H/c3-1-6-2(4)5;;;/h4-5H;;1H;. The van der Waals surface area contributed by atoms with Gasteiger partial charge >= 0.3 is 36.9 Å². The molecule has 0 fully saturated rings. The molecule has 0 aromatic carbocycles. The Kier molecular flexibility index (Phi) is 9.23. The normalized spacial score (nSPS) is 5.29. The molecule has 36 valence electrons. The molecule has 0 rings (SSSR count). The molecular formula is CH5BNNaO3. The summed E-state index contributed by atoms with van der Waals surface area (Å²) in [6.45, 7) is 0. The maximum atomic E-state index is 7.66. The van der Waals surface area contributed by atoms with Gasteiger partial charge in [0.15, 0.2) is 0 Å². The third kappa shape index (κ3) is 10.7. The Morgan fingerprint density at radius 2 is 2.14 bits per heavy atom. The molecule has 0 aliphatic rings. The second kappa shape index (κ2) is 6.27. The van der Waals surface area contributed by atoms with E-state index < -0.39 is 7.32 Å². The first-order valence-electron chi connectivity index (χ1n) is 1.18. The van der Waals surface area contributed by atoms with Crippen molar-refractivity contribution in [3.63, 3.8) is 0 Å². The van der Waals surface area contributed by atoms with Crippen LogP contribution in [-0.4, -0.2) is 46.9 Å². The summed E-state index contributed by atoms with van der Waals surface area (Å²) in [4.78, 5) is 0. The van der Waals surface area contributed by atoms with Gasteiger partial charge in [-0.1, -0.05) is 0 Å². The van der Waals surface area contributed by atoms with E-state index in [1.165, 1.54) is 0 Å². The van der Waals surface area contributed by atoms with Crippen molar-refractivity contribution in [2.75, 3.05) is 0 Å². The van der Waals surface area contributed by atoms with Crippen LogP contribution in [0.5, 0.6) is 0 Å². The SMILES string of the molecule is N#COB(O)O.[HH].[NaH]. The third-order valence-corrected chi connectivity index (χ3v) is 0.158. The van der Waals surface area contributed by atoms with Gasteiger partial charge in [-0.15, -0.1) is 0 Å². The van der Waals surface area contributed by atoms with E-state index in [0.29, 0.717) is 0 Å². The summed E-state index contributed by atoms with van der Waals surface area (Å²) in [5.74, 6) is 0. The van der Waals surface area contributed by atoms with Crippen LogP contribution in [0.2, 0.25) is 0 Å². The topological polar surface area (TPSA) is 73.5 Å². The van der Waals surface area contributed by atoms with Crippen LogP contribution in [0, 0.1) is 11.5 Å². The summed E-state index contributed by atoms with van der Waals surface area (Å²) in [6.07, 6.45) is 1.07. The molecule has 4 nitrogen and oxygen atoms in total. The van der Waals surface area contributed by atoms with Gasteiger partial charge in [-0.05, 0) is 0 Å². The minimum atomic E-state index is -1.96. The van der Waals surface area contributed by atoms with Crippen LogP contribution < -0.4 is 0 Å². The van der Waals surface area contributed by atoms with Crippen molar-refractivity contribution >= 4 is 36.9 Å². The molecular weight excluding hydrogens is 108 g/mol. The molecule has 0 spiro atoms. The van der Waals surface area contributed by atoms with Gasteiger partial charge in [0, 0.05) is 1.43 Å². The summed E-state index contributed by atoms with van der Waals surface area (Å²) in [5, 5.41) is 22.8. The Labute approximate surface area is 64.7 Å². The predicted octanol–water partition coefficient (Wildman–Crippen LogP) is -1.95. The van der Waals surface area contributed by atoms with E-state index in [9.17, 15) is 0 Å². The summed E-state index contributed by atoms with van der Waals surface area (Å²) in [6, 6.07) is 0. The molecule has 0 aliphatic heterocycles. The van der Waals surface area contributed by atoms with Gasteiger partial charge in [0.1, 0.15) is 0 Å². The third-order valence-electron chi connectivity index (χ3n) is 0.158. The van der Waals surface area contributed by atoms with Crippen LogP contribution in [0.25, 0.3) is 0 Å². The van der Waals surface area contributed by atoms with Crippen LogP contribution in [0.3, 0.4) is 0 Å². The van der Waals surface area contributed by atoms with E-state index in [-0.39, 0.29) is 31.0 Å². The Bertz CT molecular complexity index is 74.2. The van der Waals surface area contributed by atoms with E-state index >= 15 is 0 Å².